The second kappa shape index (κ2) is 8.82. The van der Waals surface area contributed by atoms with Crippen LogP contribution in [0.4, 0.5) is 2.86 Å². The van der Waals surface area contributed by atoms with Gasteiger partial charge in [-0.3, -0.25) is 0 Å². The summed E-state index contributed by atoms with van der Waals surface area (Å²) in [5.74, 6) is 0. The smallest absolute Gasteiger partial charge is 0 e. The normalized spacial score (nSPS) is 4.25. The Bertz CT molecular complexity index is 15.5. The Kier molecular flexibility index (Phi) is 20.1. The Balaban J connectivity index is 0. The van der Waals surface area contributed by atoms with E-state index >= 15 is 0 Å². The molecule has 0 aromatic heterocycles. The molecular weight excluding hydrogens is 249 g/mol. The van der Waals surface area contributed by atoms with Crippen molar-refractivity contribution in [3.05, 3.63) is 3.56 Å². The van der Waals surface area contributed by atoms with E-state index in [1.807, 2.05) is 0 Å². The Morgan fingerprint density at radius 3 is 1.75 bits per heavy atom. The average Bonchev–Trinajstić information content (AvgIpc) is 0.918. The molecule has 0 saturated heterocycles. The van der Waals surface area contributed by atoms with Gasteiger partial charge in [0.1, 0.15) is 0 Å². The van der Waals surface area contributed by atoms with Crippen LogP contribution in [-0.2, 0) is 32.7 Å². The van der Waals surface area contributed by atoms with E-state index in [1.54, 1.807) is 0 Å². The Morgan fingerprint density at radius 1 is 1.75 bits per heavy atom. The van der Waals surface area contributed by atoms with Gasteiger partial charge in [0.25, 0.3) is 0 Å². The van der Waals surface area contributed by atoms with Gasteiger partial charge in [0.2, 0.25) is 0 Å². The van der Waals surface area contributed by atoms with Gasteiger partial charge in [-0.25, -0.2) is 2.86 Å². The van der Waals surface area contributed by atoms with Gasteiger partial charge in [0, 0.05) is 32.7 Å². The minimum atomic E-state index is -1.91. The zero-order valence-electron chi connectivity index (χ0n) is 1.78. The van der Waals surface area contributed by atoms with E-state index in [2.05, 4.69) is 0 Å². The van der Waals surface area contributed by atoms with E-state index in [0.29, 0.717) is 0 Å². The molecule has 4 heavy (non-hydrogen) atoms. The van der Waals surface area contributed by atoms with Crippen LogP contribution in [0.3, 0.4) is 0 Å². The SMILES string of the molecule is [N-]=IF.[Y]. The summed E-state index contributed by atoms with van der Waals surface area (Å²) in [7, 11) is 0. The van der Waals surface area contributed by atoms with Crippen LogP contribution in [0.5, 0.6) is 0 Å². The number of halogens is 2. The Labute approximate surface area is 60.0 Å². The van der Waals surface area contributed by atoms with Crippen LogP contribution in [0.1, 0.15) is 0 Å². The molecule has 1 radical (unpaired) electrons. The van der Waals surface area contributed by atoms with Crippen LogP contribution in [0.2, 0.25) is 0 Å². The summed E-state index contributed by atoms with van der Waals surface area (Å²) >= 11 is -1.91. The molecule has 0 N–H and O–H groups in total. The van der Waals surface area contributed by atoms with Crippen molar-refractivity contribution >= 4 is 21.6 Å². The minimum Gasteiger partial charge on any atom is -0.746 e. The predicted octanol–water partition coefficient (Wildman–Crippen LogP) is 1.59. The molecule has 0 atom stereocenters. The molecule has 23 valence electrons. The maximum atomic E-state index is 9.96. The number of nitrogens with zero attached hydrogens (tertiary/aromatic N) is 1. The molecule has 1 nitrogen and oxygen atoms in total. The van der Waals surface area contributed by atoms with Gasteiger partial charge in [-0.1, -0.05) is 0 Å². The van der Waals surface area contributed by atoms with Crippen molar-refractivity contribution < 1.29 is 35.6 Å². The fourth-order valence-electron chi connectivity index (χ4n) is 0. The van der Waals surface area contributed by atoms with Crippen molar-refractivity contribution in [1.82, 2.24) is 0 Å². The van der Waals surface area contributed by atoms with Crippen LogP contribution in [0.25, 0.3) is 3.56 Å². The van der Waals surface area contributed by atoms with Gasteiger partial charge in [-0.2, -0.15) is 0 Å². The predicted molar refractivity (Wildman–Crippen MR) is 18.5 cm³/mol. The molecular formula is FINY-. The second-order valence-corrected chi connectivity index (χ2v) is 0.429. The van der Waals surface area contributed by atoms with Gasteiger partial charge in [-0.15, -0.1) is 0 Å². The van der Waals surface area contributed by atoms with Crippen LogP contribution < -0.4 is 0 Å². The van der Waals surface area contributed by atoms with Crippen molar-refractivity contribution in [3.8, 4) is 0 Å². The molecule has 0 aromatic carbocycles. The largest absolute Gasteiger partial charge is 0.746 e. The molecule has 0 aliphatic carbocycles. The number of hydrogen-bond donors (Lipinski definition) is 0. The quantitative estimate of drug-likeness (QED) is 0.581. The van der Waals surface area contributed by atoms with Gasteiger partial charge >= 0.3 is 0 Å². The molecule has 0 aliphatic heterocycles. The summed E-state index contributed by atoms with van der Waals surface area (Å²) < 4.78 is 17.0. The summed E-state index contributed by atoms with van der Waals surface area (Å²) in [6, 6.07) is 0. The standard InChI is InChI=1S/FIN.Y/c1-2-3;/q-1;. The molecule has 0 spiro atoms. The van der Waals surface area contributed by atoms with E-state index in [-0.39, 0.29) is 32.7 Å². The Hall–Kier alpha value is 1.56. The van der Waals surface area contributed by atoms with E-state index in [0.717, 1.165) is 0 Å². The Morgan fingerprint density at radius 2 is 1.75 bits per heavy atom. The third-order valence-corrected chi connectivity index (χ3v) is 0. The molecule has 0 amide bonds. The molecule has 4 heteroatoms. The third-order valence-electron chi connectivity index (χ3n) is 0. The van der Waals surface area contributed by atoms with Crippen LogP contribution in [0.15, 0.2) is 0 Å². The zero-order chi connectivity index (χ0) is 2.71. The van der Waals surface area contributed by atoms with Crippen LogP contribution >= 0.6 is 21.6 Å². The summed E-state index contributed by atoms with van der Waals surface area (Å²) in [5, 5.41) is 0. The molecule has 0 rings (SSSR count). The number of hydrogen-bond acceptors (Lipinski definition) is 0. The van der Waals surface area contributed by atoms with E-state index in [9.17, 15) is 2.86 Å². The first-order valence-electron chi connectivity index (χ1n) is 0.312. The van der Waals surface area contributed by atoms with Crippen molar-refractivity contribution in [2.24, 2.45) is 0 Å². The summed E-state index contributed by atoms with van der Waals surface area (Å²) in [4.78, 5) is 0. The van der Waals surface area contributed by atoms with E-state index in [4.69, 9.17) is 3.56 Å². The first-order valence-corrected chi connectivity index (χ1v) is 2.09. The second-order valence-electron chi connectivity index (χ2n) is 0.0639. The van der Waals surface area contributed by atoms with Gasteiger partial charge in [0.15, 0.2) is 0 Å². The fourth-order valence-corrected chi connectivity index (χ4v) is 0. The monoisotopic (exact) mass is 249 g/mol. The van der Waals surface area contributed by atoms with E-state index < -0.39 is 21.6 Å². The summed E-state index contributed by atoms with van der Waals surface area (Å²) in [6.07, 6.45) is 0. The minimum absolute atomic E-state index is 0. The fraction of sp³-hybridized carbons (Fsp3) is 0. The van der Waals surface area contributed by atoms with Crippen molar-refractivity contribution in [2.45, 2.75) is 0 Å². The van der Waals surface area contributed by atoms with Crippen LogP contribution in [0, 0.1) is 0 Å². The number of rotatable bonds is 0. The molecule has 0 aliphatic rings. The van der Waals surface area contributed by atoms with Crippen molar-refractivity contribution in [1.29, 1.82) is 0 Å². The van der Waals surface area contributed by atoms with Gasteiger partial charge in [0.05, 0.1) is 0 Å². The van der Waals surface area contributed by atoms with Crippen LogP contribution in [-0.4, -0.2) is 0 Å². The van der Waals surface area contributed by atoms with Gasteiger partial charge < -0.3 is 3.56 Å². The maximum Gasteiger partial charge on any atom is 0 e. The molecule has 0 aromatic rings. The maximum absolute atomic E-state index is 9.96. The molecule has 0 unspecified atom stereocenters. The molecule has 0 heterocycles. The topological polar surface area (TPSA) is 22.3 Å². The zero-order valence-corrected chi connectivity index (χ0v) is 6.78. The average molecular weight is 249 g/mol. The summed E-state index contributed by atoms with van der Waals surface area (Å²) in [5.41, 5.74) is 0. The third kappa shape index (κ3) is 9.58. The van der Waals surface area contributed by atoms with E-state index in [1.165, 1.54) is 0 Å². The molecule has 0 fully saturated rings. The molecule has 0 saturated carbocycles. The first kappa shape index (κ1) is 9.12. The van der Waals surface area contributed by atoms with Crippen molar-refractivity contribution in [3.63, 3.8) is 0 Å². The molecule has 0 bridgehead atoms. The summed E-state index contributed by atoms with van der Waals surface area (Å²) in [6.45, 7) is 0. The van der Waals surface area contributed by atoms with Crippen molar-refractivity contribution in [2.75, 3.05) is 0 Å². The van der Waals surface area contributed by atoms with Gasteiger partial charge in [-0.05, 0) is 21.6 Å². The first-order chi connectivity index (χ1) is 1.41.